The van der Waals surface area contributed by atoms with Crippen molar-refractivity contribution in [3.05, 3.63) is 128 Å². The molecule has 1 aliphatic rings. The number of amides is 1. The van der Waals surface area contributed by atoms with Gasteiger partial charge in [-0.1, -0.05) is 66.7 Å². The summed E-state index contributed by atoms with van der Waals surface area (Å²) < 4.78 is 0. The lowest BCUT2D eigenvalue weighted by Crippen LogP contribution is -2.48. The van der Waals surface area contributed by atoms with E-state index in [-0.39, 0.29) is 34.6 Å². The number of hydrazine groups is 1. The second-order valence-electron chi connectivity index (χ2n) is 9.29. The number of carbonyl (C=O) groups is 1. The number of nitrogens with zero attached hydrogens (tertiary/aromatic N) is 6. The van der Waals surface area contributed by atoms with E-state index in [1.54, 1.807) is 0 Å². The zero-order chi connectivity index (χ0) is 28.8. The molecule has 13 heteroatoms. The molecule has 0 bridgehead atoms. The van der Waals surface area contributed by atoms with Gasteiger partial charge in [-0.15, -0.1) is 0 Å². The Bertz CT molecular complexity index is 1510. The third-order valence-electron chi connectivity index (χ3n) is 6.81. The highest BCUT2D eigenvalue weighted by molar-refractivity contribution is 5.95. The van der Waals surface area contributed by atoms with Gasteiger partial charge in [-0.3, -0.25) is 40.8 Å². The Labute approximate surface area is 234 Å². The second kappa shape index (κ2) is 12.2. The number of nitrogens with one attached hydrogen (secondary N) is 2. The van der Waals surface area contributed by atoms with Crippen LogP contribution in [0.15, 0.2) is 91.3 Å². The number of benzene rings is 3. The standard InChI is InChI=1S/C28H26N8O5/c37-28(22-12-7-13-23(18-22)35(38)39)32-31-26-25(36(40)41)27(30-19-29-26)34-16-14-33(15-17-34)24(20-8-3-1-4-9-20)21-10-5-2-6-11-21/h1-13,18-19,24H,14-17H2,(H,32,37)(H,29,30,31). The smallest absolute Gasteiger partial charge is 0.348 e. The van der Waals surface area contributed by atoms with Gasteiger partial charge in [-0.05, 0) is 17.2 Å². The van der Waals surface area contributed by atoms with Crippen LogP contribution >= 0.6 is 0 Å². The number of nitro groups is 2. The van der Waals surface area contributed by atoms with Crippen molar-refractivity contribution in [2.75, 3.05) is 36.5 Å². The fourth-order valence-electron chi connectivity index (χ4n) is 4.89. The van der Waals surface area contributed by atoms with Crippen LogP contribution in [0.4, 0.5) is 23.0 Å². The van der Waals surface area contributed by atoms with Crippen LogP contribution in [0.25, 0.3) is 0 Å². The molecule has 2 N–H and O–H groups in total. The van der Waals surface area contributed by atoms with E-state index in [4.69, 9.17) is 0 Å². The van der Waals surface area contributed by atoms with Gasteiger partial charge in [0.05, 0.1) is 15.9 Å². The fourth-order valence-corrected chi connectivity index (χ4v) is 4.89. The molecule has 13 nitrogen and oxygen atoms in total. The molecule has 4 aromatic rings. The van der Waals surface area contributed by atoms with Crippen LogP contribution in [-0.4, -0.2) is 56.8 Å². The highest BCUT2D eigenvalue weighted by Crippen LogP contribution is 2.34. The molecule has 0 unspecified atom stereocenters. The first-order chi connectivity index (χ1) is 19.9. The Morgan fingerprint density at radius 2 is 1.44 bits per heavy atom. The molecule has 5 rings (SSSR count). The van der Waals surface area contributed by atoms with Crippen LogP contribution in [0.5, 0.6) is 0 Å². The fraction of sp³-hybridized carbons (Fsp3) is 0.179. The van der Waals surface area contributed by atoms with Gasteiger partial charge in [0, 0.05) is 43.9 Å². The SMILES string of the molecule is O=C(NNc1ncnc(N2CCN(C(c3ccccc3)c3ccccc3)CC2)c1[N+](=O)[O-])c1cccc([N+](=O)[O-])c1. The second-order valence-corrected chi connectivity index (χ2v) is 9.29. The third-order valence-corrected chi connectivity index (χ3v) is 6.81. The van der Waals surface area contributed by atoms with Crippen molar-refractivity contribution in [3.63, 3.8) is 0 Å². The normalized spacial score (nSPS) is 13.5. The predicted molar refractivity (Wildman–Crippen MR) is 151 cm³/mol. The molecule has 3 aromatic carbocycles. The Balaban J connectivity index is 1.32. The molecule has 41 heavy (non-hydrogen) atoms. The summed E-state index contributed by atoms with van der Waals surface area (Å²) in [5, 5.41) is 23.1. The zero-order valence-corrected chi connectivity index (χ0v) is 21.8. The summed E-state index contributed by atoms with van der Waals surface area (Å²) >= 11 is 0. The number of piperazine rings is 1. The lowest BCUT2D eigenvalue weighted by Gasteiger charge is -2.40. The Morgan fingerprint density at radius 3 is 2.02 bits per heavy atom. The molecule has 1 amide bonds. The van der Waals surface area contributed by atoms with Crippen molar-refractivity contribution < 1.29 is 14.6 Å². The van der Waals surface area contributed by atoms with Gasteiger partial charge in [-0.25, -0.2) is 9.97 Å². The number of hydrogen-bond donors (Lipinski definition) is 2. The van der Waals surface area contributed by atoms with Gasteiger partial charge in [0.1, 0.15) is 6.33 Å². The minimum atomic E-state index is -0.718. The molecule has 0 aliphatic carbocycles. The van der Waals surface area contributed by atoms with Gasteiger partial charge in [0.15, 0.2) is 0 Å². The van der Waals surface area contributed by atoms with Crippen molar-refractivity contribution in [2.24, 2.45) is 0 Å². The minimum absolute atomic E-state index is 0.00569. The summed E-state index contributed by atoms with van der Waals surface area (Å²) in [5.41, 5.74) is 6.50. The monoisotopic (exact) mass is 554 g/mol. The van der Waals surface area contributed by atoms with Crippen LogP contribution in [-0.2, 0) is 0 Å². The van der Waals surface area contributed by atoms with Gasteiger partial charge in [0.2, 0.25) is 11.6 Å². The van der Waals surface area contributed by atoms with Crippen LogP contribution in [0.1, 0.15) is 27.5 Å². The summed E-state index contributed by atoms with van der Waals surface area (Å²) in [7, 11) is 0. The van der Waals surface area contributed by atoms with E-state index >= 15 is 0 Å². The van der Waals surface area contributed by atoms with Crippen LogP contribution in [0.2, 0.25) is 0 Å². The van der Waals surface area contributed by atoms with E-state index in [9.17, 15) is 25.0 Å². The van der Waals surface area contributed by atoms with Gasteiger partial charge < -0.3 is 4.90 Å². The highest BCUT2D eigenvalue weighted by Gasteiger charge is 2.32. The molecule has 1 saturated heterocycles. The topological polar surface area (TPSA) is 160 Å². The van der Waals surface area contributed by atoms with Crippen molar-refractivity contribution in [1.82, 2.24) is 20.3 Å². The number of hydrogen-bond acceptors (Lipinski definition) is 10. The molecule has 1 fully saturated rings. The number of carbonyl (C=O) groups excluding carboxylic acids is 1. The molecular weight excluding hydrogens is 528 g/mol. The van der Waals surface area contributed by atoms with Gasteiger partial charge >= 0.3 is 5.69 Å². The van der Waals surface area contributed by atoms with E-state index in [0.717, 1.165) is 17.2 Å². The Hall–Kier alpha value is -5.43. The van der Waals surface area contributed by atoms with E-state index in [1.807, 2.05) is 41.3 Å². The first kappa shape index (κ1) is 27.1. The van der Waals surface area contributed by atoms with Crippen molar-refractivity contribution in [1.29, 1.82) is 0 Å². The molecule has 0 atom stereocenters. The molecule has 1 aliphatic heterocycles. The zero-order valence-electron chi connectivity index (χ0n) is 21.8. The van der Waals surface area contributed by atoms with Crippen molar-refractivity contribution >= 4 is 28.9 Å². The predicted octanol–water partition coefficient (Wildman–Crippen LogP) is 3.96. The number of anilines is 2. The van der Waals surface area contributed by atoms with Crippen LogP contribution < -0.4 is 15.8 Å². The lowest BCUT2D eigenvalue weighted by atomic mass is 9.96. The maximum absolute atomic E-state index is 12.6. The molecular formula is C28H26N8O5. The lowest BCUT2D eigenvalue weighted by molar-refractivity contribution is -0.384. The van der Waals surface area contributed by atoms with Crippen molar-refractivity contribution in [2.45, 2.75) is 6.04 Å². The summed E-state index contributed by atoms with van der Waals surface area (Å²) in [4.78, 5) is 46.8. The summed E-state index contributed by atoms with van der Waals surface area (Å²) in [5.74, 6) is -0.787. The third kappa shape index (κ3) is 6.09. The molecule has 0 saturated carbocycles. The minimum Gasteiger partial charge on any atom is -0.348 e. The quantitative estimate of drug-likeness (QED) is 0.229. The number of aromatic nitrogens is 2. The maximum Gasteiger partial charge on any atom is 0.355 e. The maximum atomic E-state index is 12.6. The van der Waals surface area contributed by atoms with E-state index < -0.39 is 15.8 Å². The summed E-state index contributed by atoms with van der Waals surface area (Å²) in [6.07, 6.45) is 1.19. The Kier molecular flexibility index (Phi) is 8.06. The summed E-state index contributed by atoms with van der Waals surface area (Å²) in [6, 6.07) is 25.6. The highest BCUT2D eigenvalue weighted by atomic mass is 16.6. The largest absolute Gasteiger partial charge is 0.355 e. The van der Waals surface area contributed by atoms with Crippen LogP contribution in [0.3, 0.4) is 0 Å². The average molecular weight is 555 g/mol. The van der Waals surface area contributed by atoms with E-state index in [0.29, 0.717) is 26.2 Å². The van der Waals surface area contributed by atoms with Crippen molar-refractivity contribution in [3.8, 4) is 0 Å². The van der Waals surface area contributed by atoms with E-state index in [2.05, 4.69) is 50.0 Å². The van der Waals surface area contributed by atoms with Gasteiger partial charge in [-0.2, -0.15) is 0 Å². The first-order valence-electron chi connectivity index (χ1n) is 12.8. The number of non-ortho nitro benzene ring substituents is 1. The molecule has 2 heterocycles. The molecule has 0 radical (unpaired) electrons. The first-order valence-corrected chi connectivity index (χ1v) is 12.8. The van der Waals surface area contributed by atoms with E-state index in [1.165, 1.54) is 24.5 Å². The molecule has 208 valence electrons. The number of rotatable bonds is 9. The van der Waals surface area contributed by atoms with Crippen LogP contribution in [0, 0.1) is 20.2 Å². The Morgan fingerprint density at radius 1 is 0.805 bits per heavy atom. The number of nitro benzene ring substituents is 1. The molecule has 1 aromatic heterocycles. The summed E-state index contributed by atoms with van der Waals surface area (Å²) in [6.45, 7) is 2.21. The molecule has 0 spiro atoms. The van der Waals surface area contributed by atoms with Gasteiger partial charge in [0.25, 0.3) is 11.6 Å². The average Bonchev–Trinajstić information content (AvgIpc) is 3.01.